The summed E-state index contributed by atoms with van der Waals surface area (Å²) in [5, 5.41) is 8.49. The van der Waals surface area contributed by atoms with Crippen LogP contribution in [0.2, 0.25) is 0 Å². The van der Waals surface area contributed by atoms with Gasteiger partial charge in [0.15, 0.2) is 5.11 Å². The fourth-order valence-corrected chi connectivity index (χ4v) is 4.92. The predicted octanol–water partition coefficient (Wildman–Crippen LogP) is 4.09. The molecular weight excluding hydrogens is 290 g/mol. The van der Waals surface area contributed by atoms with E-state index >= 15 is 0 Å². The maximum absolute atomic E-state index is 5.37. The summed E-state index contributed by atoms with van der Waals surface area (Å²) in [6, 6.07) is 8.24. The van der Waals surface area contributed by atoms with Gasteiger partial charge in [0.1, 0.15) is 0 Å². The number of hydrogen-bond acceptors (Lipinski definition) is 2. The second-order valence-corrected chi connectivity index (χ2v) is 7.68. The Hall–Kier alpha value is -1.42. The number of hydrazone groups is 1. The molecule has 4 fully saturated rings. The number of aryl methyl sites for hydroxylation is 1. The molecule has 0 aliphatic heterocycles. The van der Waals surface area contributed by atoms with Crippen molar-refractivity contribution < 1.29 is 0 Å². The first-order chi connectivity index (χ1) is 10.7. The molecule has 0 amide bonds. The van der Waals surface area contributed by atoms with Crippen LogP contribution in [-0.4, -0.2) is 10.8 Å². The van der Waals surface area contributed by atoms with Gasteiger partial charge in [0.2, 0.25) is 0 Å². The summed E-state index contributed by atoms with van der Waals surface area (Å²) in [6.07, 6.45) is 6.88. The number of nitrogens with zero attached hydrogens (tertiary/aromatic N) is 1. The molecule has 4 aliphatic carbocycles. The summed E-state index contributed by atoms with van der Waals surface area (Å²) in [6.45, 7) is 2.08. The van der Waals surface area contributed by atoms with Gasteiger partial charge in [-0.3, -0.25) is 5.43 Å². The number of hydrogen-bond donors (Lipinski definition) is 2. The molecule has 0 saturated heterocycles. The van der Waals surface area contributed by atoms with Crippen LogP contribution in [0.25, 0.3) is 0 Å². The van der Waals surface area contributed by atoms with E-state index in [2.05, 4.69) is 29.8 Å². The molecule has 116 valence electrons. The summed E-state index contributed by atoms with van der Waals surface area (Å²) >= 11 is 5.37. The highest BCUT2D eigenvalue weighted by atomic mass is 32.1. The quantitative estimate of drug-likeness (QED) is 0.637. The van der Waals surface area contributed by atoms with Gasteiger partial charge in [-0.1, -0.05) is 17.7 Å². The topological polar surface area (TPSA) is 36.4 Å². The monoisotopic (exact) mass is 313 g/mol. The number of nitrogens with one attached hydrogen (secondary N) is 2. The lowest BCUT2D eigenvalue weighted by molar-refractivity contribution is 0.108. The van der Waals surface area contributed by atoms with Crippen molar-refractivity contribution in [2.24, 2.45) is 28.8 Å². The number of thiocarbonyl (C=S) groups is 1. The Kier molecular flexibility index (Phi) is 3.65. The third-order valence-electron chi connectivity index (χ3n) is 5.57. The summed E-state index contributed by atoms with van der Waals surface area (Å²) in [5.41, 5.74) is 6.73. The van der Waals surface area contributed by atoms with E-state index in [9.17, 15) is 0 Å². The maximum Gasteiger partial charge on any atom is 0.191 e. The third kappa shape index (κ3) is 2.76. The third-order valence-corrected chi connectivity index (χ3v) is 5.76. The Labute approximate surface area is 137 Å². The van der Waals surface area contributed by atoms with E-state index in [4.69, 9.17) is 17.3 Å². The zero-order valence-corrected chi connectivity index (χ0v) is 13.8. The molecule has 0 unspecified atom stereocenters. The van der Waals surface area contributed by atoms with Gasteiger partial charge >= 0.3 is 0 Å². The minimum absolute atomic E-state index is 0.588. The van der Waals surface area contributed by atoms with E-state index in [0.717, 1.165) is 17.5 Å². The predicted molar refractivity (Wildman–Crippen MR) is 95.0 cm³/mol. The van der Waals surface area contributed by atoms with Gasteiger partial charge in [-0.15, -0.1) is 0 Å². The smallest absolute Gasteiger partial charge is 0.191 e. The van der Waals surface area contributed by atoms with Crippen LogP contribution in [0.3, 0.4) is 0 Å². The van der Waals surface area contributed by atoms with E-state index in [1.54, 1.807) is 0 Å². The molecule has 0 heterocycles. The number of anilines is 1. The lowest BCUT2D eigenvalue weighted by Crippen LogP contribution is -2.46. The summed E-state index contributed by atoms with van der Waals surface area (Å²) in [7, 11) is 0. The Balaban J connectivity index is 1.39. The molecule has 1 aromatic rings. The van der Waals surface area contributed by atoms with Gasteiger partial charge in [-0.25, -0.2) is 0 Å². The van der Waals surface area contributed by atoms with Gasteiger partial charge in [-0.2, -0.15) is 5.10 Å². The maximum atomic E-state index is 5.37. The highest BCUT2D eigenvalue weighted by molar-refractivity contribution is 7.80. The standard InChI is InChI=1S/C18H23N3S/c1-11-2-4-16(5-3-11)19-18(22)21-20-17-14-7-12-6-13(9-14)10-15(17)8-12/h2-5,12-15H,6-10H2,1H3,(H2,19,21,22). The van der Waals surface area contributed by atoms with Crippen LogP contribution in [0.1, 0.15) is 37.7 Å². The first-order valence-corrected chi connectivity index (χ1v) is 8.79. The van der Waals surface area contributed by atoms with Crippen LogP contribution >= 0.6 is 12.2 Å². The second-order valence-electron chi connectivity index (χ2n) is 7.27. The van der Waals surface area contributed by atoms with Crippen molar-refractivity contribution >= 4 is 28.7 Å². The molecule has 0 aromatic heterocycles. The fraction of sp³-hybridized carbons (Fsp3) is 0.556. The van der Waals surface area contributed by atoms with E-state index < -0.39 is 0 Å². The number of rotatable bonds is 2. The van der Waals surface area contributed by atoms with E-state index in [1.807, 2.05) is 12.1 Å². The lowest BCUT2D eigenvalue weighted by atomic mass is 9.55. The van der Waals surface area contributed by atoms with Crippen LogP contribution in [0.4, 0.5) is 5.69 Å². The Morgan fingerprint density at radius 2 is 1.59 bits per heavy atom. The second kappa shape index (κ2) is 5.65. The molecule has 0 spiro atoms. The van der Waals surface area contributed by atoms with Crippen molar-refractivity contribution in [2.75, 3.05) is 5.32 Å². The van der Waals surface area contributed by atoms with Crippen molar-refractivity contribution in [1.29, 1.82) is 0 Å². The molecule has 4 saturated carbocycles. The Bertz CT molecular complexity index is 575. The molecule has 2 N–H and O–H groups in total. The molecule has 0 radical (unpaired) electrons. The minimum Gasteiger partial charge on any atom is -0.331 e. The largest absolute Gasteiger partial charge is 0.331 e. The van der Waals surface area contributed by atoms with E-state index in [1.165, 1.54) is 43.4 Å². The molecule has 4 aliphatic rings. The zero-order chi connectivity index (χ0) is 15.1. The molecular formula is C18H23N3S. The van der Waals surface area contributed by atoms with Crippen molar-refractivity contribution in [1.82, 2.24) is 5.43 Å². The van der Waals surface area contributed by atoms with Gasteiger partial charge in [0.25, 0.3) is 0 Å². The SMILES string of the molecule is Cc1ccc(NC(=S)NN=C2C3CC4CC(C3)CC2C4)cc1. The molecule has 1 aromatic carbocycles. The Morgan fingerprint density at radius 1 is 1.00 bits per heavy atom. The van der Waals surface area contributed by atoms with Gasteiger partial charge in [-0.05, 0) is 87.1 Å². The van der Waals surface area contributed by atoms with Crippen molar-refractivity contribution in [2.45, 2.75) is 39.0 Å². The van der Waals surface area contributed by atoms with Crippen LogP contribution in [-0.2, 0) is 0 Å². The highest BCUT2D eigenvalue weighted by Crippen LogP contribution is 2.52. The molecule has 5 rings (SSSR count). The van der Waals surface area contributed by atoms with Gasteiger partial charge in [0, 0.05) is 11.4 Å². The molecule has 22 heavy (non-hydrogen) atoms. The van der Waals surface area contributed by atoms with E-state index in [-0.39, 0.29) is 0 Å². The molecule has 4 heteroatoms. The molecule has 4 bridgehead atoms. The molecule has 0 atom stereocenters. The summed E-state index contributed by atoms with van der Waals surface area (Å²) in [5.74, 6) is 3.37. The van der Waals surface area contributed by atoms with Crippen LogP contribution in [0, 0.1) is 30.6 Å². The average molecular weight is 313 g/mol. The zero-order valence-electron chi connectivity index (χ0n) is 13.0. The van der Waals surface area contributed by atoms with Crippen molar-refractivity contribution in [3.63, 3.8) is 0 Å². The first-order valence-electron chi connectivity index (χ1n) is 8.38. The summed E-state index contributed by atoms with van der Waals surface area (Å²) < 4.78 is 0. The normalized spacial score (nSPS) is 32.0. The molecule has 3 nitrogen and oxygen atoms in total. The lowest BCUT2D eigenvalue weighted by Gasteiger charge is -2.50. The summed E-state index contributed by atoms with van der Waals surface area (Å²) in [4.78, 5) is 0. The first kappa shape index (κ1) is 14.2. The number of benzene rings is 1. The van der Waals surface area contributed by atoms with Crippen LogP contribution < -0.4 is 10.7 Å². The van der Waals surface area contributed by atoms with Gasteiger partial charge in [0.05, 0.1) is 0 Å². The fourth-order valence-electron chi connectivity index (χ4n) is 4.76. The highest BCUT2D eigenvalue weighted by Gasteiger charge is 2.46. The average Bonchev–Trinajstić information content (AvgIpc) is 2.48. The van der Waals surface area contributed by atoms with E-state index in [0.29, 0.717) is 16.9 Å². The minimum atomic E-state index is 0.588. The van der Waals surface area contributed by atoms with Crippen LogP contribution in [0.15, 0.2) is 29.4 Å². The van der Waals surface area contributed by atoms with Crippen molar-refractivity contribution in [3.8, 4) is 0 Å². The Morgan fingerprint density at radius 3 is 2.18 bits per heavy atom. The van der Waals surface area contributed by atoms with Crippen LogP contribution in [0.5, 0.6) is 0 Å². The van der Waals surface area contributed by atoms with Crippen molar-refractivity contribution in [3.05, 3.63) is 29.8 Å². The van der Waals surface area contributed by atoms with Gasteiger partial charge < -0.3 is 5.32 Å².